The fraction of sp³-hybridized carbons (Fsp3) is 0.263. The van der Waals surface area contributed by atoms with Crippen molar-refractivity contribution in [1.29, 1.82) is 0 Å². The third kappa shape index (κ3) is 4.80. The van der Waals surface area contributed by atoms with Gasteiger partial charge in [-0.05, 0) is 24.3 Å². The van der Waals surface area contributed by atoms with Crippen molar-refractivity contribution in [3.63, 3.8) is 0 Å². The number of aromatic nitrogens is 3. The topological polar surface area (TPSA) is 104 Å². The third-order valence-corrected chi connectivity index (χ3v) is 4.89. The SMILES string of the molecule is CCc1nc(SCC(=O)N(C)c2ccccc2C(=O)NCc2ccco2)n[nH]1. The van der Waals surface area contributed by atoms with Crippen LogP contribution < -0.4 is 10.2 Å². The van der Waals surface area contributed by atoms with Crippen LogP contribution in [0.3, 0.4) is 0 Å². The van der Waals surface area contributed by atoms with E-state index < -0.39 is 0 Å². The molecule has 0 fully saturated rings. The van der Waals surface area contributed by atoms with Crippen LogP contribution in [0.4, 0.5) is 5.69 Å². The molecule has 146 valence electrons. The van der Waals surface area contributed by atoms with Crippen LogP contribution in [0.15, 0.2) is 52.2 Å². The van der Waals surface area contributed by atoms with Crippen LogP contribution in [0, 0.1) is 0 Å². The number of furan rings is 1. The standard InChI is InChI=1S/C19H21N5O3S/c1-3-16-21-19(23-22-16)28-12-17(25)24(2)15-9-5-4-8-14(15)18(26)20-11-13-7-6-10-27-13/h4-10H,3,11-12H2,1-2H3,(H,20,26)(H,21,22,23). The Kier molecular flexibility index (Phi) is 6.49. The number of hydrogen-bond acceptors (Lipinski definition) is 6. The molecule has 28 heavy (non-hydrogen) atoms. The first-order chi connectivity index (χ1) is 13.6. The number of thioether (sulfide) groups is 1. The highest BCUT2D eigenvalue weighted by Crippen LogP contribution is 2.21. The normalized spacial score (nSPS) is 10.6. The van der Waals surface area contributed by atoms with E-state index >= 15 is 0 Å². The van der Waals surface area contributed by atoms with Gasteiger partial charge >= 0.3 is 0 Å². The lowest BCUT2D eigenvalue weighted by molar-refractivity contribution is -0.115. The fourth-order valence-electron chi connectivity index (χ4n) is 2.49. The van der Waals surface area contributed by atoms with Crippen molar-refractivity contribution in [3.05, 3.63) is 59.8 Å². The molecule has 9 heteroatoms. The van der Waals surface area contributed by atoms with Gasteiger partial charge in [-0.1, -0.05) is 30.8 Å². The van der Waals surface area contributed by atoms with Gasteiger partial charge in [0, 0.05) is 13.5 Å². The molecule has 0 bridgehead atoms. The smallest absolute Gasteiger partial charge is 0.253 e. The van der Waals surface area contributed by atoms with Gasteiger partial charge in [-0.2, -0.15) is 0 Å². The molecule has 0 atom stereocenters. The molecular weight excluding hydrogens is 378 g/mol. The highest BCUT2D eigenvalue weighted by molar-refractivity contribution is 7.99. The summed E-state index contributed by atoms with van der Waals surface area (Å²) < 4.78 is 5.22. The van der Waals surface area contributed by atoms with Crippen molar-refractivity contribution in [1.82, 2.24) is 20.5 Å². The molecule has 3 aromatic rings. The minimum absolute atomic E-state index is 0.154. The van der Waals surface area contributed by atoms with Crippen molar-refractivity contribution >= 4 is 29.3 Å². The van der Waals surface area contributed by atoms with Crippen molar-refractivity contribution in [2.75, 3.05) is 17.7 Å². The van der Waals surface area contributed by atoms with Crippen molar-refractivity contribution < 1.29 is 14.0 Å². The molecule has 2 amide bonds. The molecule has 2 heterocycles. The van der Waals surface area contributed by atoms with Crippen molar-refractivity contribution in [2.45, 2.75) is 25.0 Å². The number of benzene rings is 1. The predicted octanol–water partition coefficient (Wildman–Crippen LogP) is 2.65. The van der Waals surface area contributed by atoms with Gasteiger partial charge in [-0.25, -0.2) is 4.98 Å². The first kappa shape index (κ1) is 19.7. The molecule has 0 unspecified atom stereocenters. The van der Waals surface area contributed by atoms with Crippen LogP contribution in [-0.4, -0.2) is 39.8 Å². The van der Waals surface area contributed by atoms with Crippen LogP contribution in [0.2, 0.25) is 0 Å². The van der Waals surface area contributed by atoms with Crippen molar-refractivity contribution in [3.8, 4) is 0 Å². The summed E-state index contributed by atoms with van der Waals surface area (Å²) in [4.78, 5) is 30.9. The molecule has 0 aliphatic carbocycles. The lowest BCUT2D eigenvalue weighted by Gasteiger charge is -2.20. The zero-order valence-corrected chi connectivity index (χ0v) is 16.5. The predicted molar refractivity (Wildman–Crippen MR) is 106 cm³/mol. The number of para-hydroxylation sites is 1. The number of aromatic amines is 1. The van der Waals surface area contributed by atoms with E-state index in [-0.39, 0.29) is 24.1 Å². The summed E-state index contributed by atoms with van der Waals surface area (Å²) >= 11 is 1.25. The van der Waals surface area contributed by atoms with E-state index in [1.54, 1.807) is 49.7 Å². The molecule has 0 spiro atoms. The number of nitrogens with one attached hydrogen (secondary N) is 2. The number of anilines is 1. The zero-order chi connectivity index (χ0) is 19.9. The van der Waals surface area contributed by atoms with Gasteiger partial charge in [0.05, 0.1) is 29.8 Å². The van der Waals surface area contributed by atoms with E-state index in [4.69, 9.17) is 4.42 Å². The lowest BCUT2D eigenvalue weighted by atomic mass is 10.1. The molecule has 0 aliphatic heterocycles. The number of H-pyrrole nitrogens is 1. The second kappa shape index (κ2) is 9.23. The highest BCUT2D eigenvalue weighted by Gasteiger charge is 2.19. The first-order valence-corrected chi connectivity index (χ1v) is 9.77. The molecule has 2 N–H and O–H groups in total. The van der Waals surface area contributed by atoms with Crippen LogP contribution in [0.25, 0.3) is 0 Å². The monoisotopic (exact) mass is 399 g/mol. The molecule has 0 saturated heterocycles. The van der Waals surface area contributed by atoms with Crippen molar-refractivity contribution in [2.24, 2.45) is 0 Å². The summed E-state index contributed by atoms with van der Waals surface area (Å²) in [6.07, 6.45) is 2.30. The average molecular weight is 399 g/mol. The zero-order valence-electron chi connectivity index (χ0n) is 15.6. The van der Waals surface area contributed by atoms with Gasteiger partial charge in [0.1, 0.15) is 11.6 Å². The Morgan fingerprint density at radius 3 is 2.79 bits per heavy atom. The molecule has 0 radical (unpaired) electrons. The molecule has 3 rings (SSSR count). The third-order valence-electron chi connectivity index (χ3n) is 4.06. The number of rotatable bonds is 8. The van der Waals surface area contributed by atoms with E-state index in [9.17, 15) is 9.59 Å². The van der Waals surface area contributed by atoms with Gasteiger partial charge in [-0.15, -0.1) is 5.10 Å². The summed E-state index contributed by atoms with van der Waals surface area (Å²) in [6.45, 7) is 2.25. The number of carbonyl (C=O) groups excluding carboxylic acids is 2. The number of amides is 2. The summed E-state index contributed by atoms with van der Waals surface area (Å²) in [7, 11) is 1.65. The van der Waals surface area contributed by atoms with Crippen LogP contribution in [0.1, 0.15) is 28.9 Å². The molecule has 2 aromatic heterocycles. The van der Waals surface area contributed by atoms with E-state index in [2.05, 4.69) is 20.5 Å². The Hall–Kier alpha value is -3.07. The second-order valence-corrected chi connectivity index (χ2v) is 6.88. The van der Waals surface area contributed by atoms with Gasteiger partial charge in [0.15, 0.2) is 0 Å². The van der Waals surface area contributed by atoms with Gasteiger partial charge in [0.25, 0.3) is 5.91 Å². The lowest BCUT2D eigenvalue weighted by Crippen LogP contribution is -2.31. The summed E-state index contributed by atoms with van der Waals surface area (Å²) in [6, 6.07) is 10.5. The Morgan fingerprint density at radius 2 is 2.07 bits per heavy atom. The van der Waals surface area contributed by atoms with E-state index in [0.717, 1.165) is 12.2 Å². The Morgan fingerprint density at radius 1 is 1.25 bits per heavy atom. The maximum absolute atomic E-state index is 12.6. The highest BCUT2D eigenvalue weighted by atomic mass is 32.2. The van der Waals surface area contributed by atoms with E-state index in [1.165, 1.54) is 16.7 Å². The molecule has 1 aromatic carbocycles. The largest absolute Gasteiger partial charge is 0.467 e. The van der Waals surface area contributed by atoms with Crippen LogP contribution in [0.5, 0.6) is 0 Å². The first-order valence-electron chi connectivity index (χ1n) is 8.78. The Balaban J connectivity index is 1.64. The maximum Gasteiger partial charge on any atom is 0.253 e. The Bertz CT molecular complexity index is 939. The van der Waals surface area contributed by atoms with Crippen LogP contribution in [-0.2, 0) is 17.8 Å². The van der Waals surface area contributed by atoms with E-state index in [1.807, 2.05) is 6.92 Å². The quantitative estimate of drug-likeness (QED) is 0.564. The number of carbonyl (C=O) groups is 2. The van der Waals surface area contributed by atoms with E-state index in [0.29, 0.717) is 22.2 Å². The fourth-order valence-corrected chi connectivity index (χ4v) is 3.22. The van der Waals surface area contributed by atoms with Gasteiger partial charge in [-0.3, -0.25) is 14.7 Å². The number of nitrogens with zero attached hydrogens (tertiary/aromatic N) is 3. The average Bonchev–Trinajstić information content (AvgIpc) is 3.41. The maximum atomic E-state index is 12.6. The number of aryl methyl sites for hydroxylation is 1. The summed E-state index contributed by atoms with van der Waals surface area (Å²) in [5, 5.41) is 10.2. The van der Waals surface area contributed by atoms with Crippen LogP contribution >= 0.6 is 11.8 Å². The molecule has 8 nitrogen and oxygen atoms in total. The Labute approximate surface area is 166 Å². The van der Waals surface area contributed by atoms with Gasteiger partial charge in [0.2, 0.25) is 11.1 Å². The number of hydrogen-bond donors (Lipinski definition) is 2. The second-order valence-electron chi connectivity index (χ2n) is 5.94. The van der Waals surface area contributed by atoms with Gasteiger partial charge < -0.3 is 14.6 Å². The summed E-state index contributed by atoms with van der Waals surface area (Å²) in [5.74, 6) is 1.17. The molecule has 0 aliphatic rings. The molecular formula is C19H21N5O3S. The minimum atomic E-state index is -0.277. The summed E-state index contributed by atoms with van der Waals surface area (Å²) in [5.41, 5.74) is 0.954. The molecule has 0 saturated carbocycles. The minimum Gasteiger partial charge on any atom is -0.467 e.